The molecule has 4 aliphatic carbocycles. The molecule has 1 aromatic rings. The van der Waals surface area contributed by atoms with Crippen LogP contribution in [0.3, 0.4) is 0 Å². The van der Waals surface area contributed by atoms with Crippen LogP contribution in [0.25, 0.3) is 0 Å². The van der Waals surface area contributed by atoms with E-state index in [0.717, 1.165) is 54.9 Å². The quantitative estimate of drug-likeness (QED) is 0.731. The predicted molar refractivity (Wildman–Crippen MR) is 117 cm³/mol. The van der Waals surface area contributed by atoms with Crippen molar-refractivity contribution < 1.29 is 9.84 Å². The van der Waals surface area contributed by atoms with E-state index in [9.17, 15) is 5.11 Å². The van der Waals surface area contributed by atoms with Gasteiger partial charge in [-0.1, -0.05) is 12.1 Å². The number of rotatable bonds is 6. The van der Waals surface area contributed by atoms with Crippen molar-refractivity contribution in [3.8, 4) is 0 Å². The van der Waals surface area contributed by atoms with Crippen molar-refractivity contribution >= 4 is 0 Å². The zero-order valence-corrected chi connectivity index (χ0v) is 19.0. The zero-order chi connectivity index (χ0) is 20.8. The molecule has 4 fully saturated rings. The number of aryl methyl sites for hydroxylation is 1. The Morgan fingerprint density at radius 1 is 1.07 bits per heavy atom. The molecule has 1 N–H and O–H groups in total. The topological polar surface area (TPSA) is 60.2 Å². The Hall–Kier alpha value is -0.940. The fraction of sp³-hybridized carbons (Fsp3) is 0.920. The van der Waals surface area contributed by atoms with Crippen molar-refractivity contribution in [3.63, 3.8) is 0 Å². The average Bonchev–Trinajstić information content (AvgIpc) is 3.37. The molecule has 0 saturated heterocycles. The van der Waals surface area contributed by atoms with Crippen molar-refractivity contribution in [3.05, 3.63) is 12.4 Å². The van der Waals surface area contributed by atoms with Gasteiger partial charge >= 0.3 is 0 Å². The Morgan fingerprint density at radius 2 is 1.93 bits per heavy atom. The van der Waals surface area contributed by atoms with Crippen molar-refractivity contribution in [2.45, 2.75) is 90.2 Å². The largest absolute Gasteiger partial charge is 0.387 e. The van der Waals surface area contributed by atoms with Crippen molar-refractivity contribution in [2.75, 3.05) is 13.2 Å². The third-order valence-corrected chi connectivity index (χ3v) is 10.1. The standard InChI is InChI=1S/C25H41N3O2/c1-3-30-17-25(29)12-9-20-18(16-25)4-6-22-21(20)8-11-24(2)19(5-7-23(22)24)10-14-28-15-13-26-27-28/h13,15,18-23,29H,3-12,14,16-17H2,1-2H3/t18-,19-,20+,21-,22-,23+,24-,25-/m1/s1. The first-order chi connectivity index (χ1) is 14.5. The van der Waals surface area contributed by atoms with E-state index in [4.69, 9.17) is 4.74 Å². The maximum Gasteiger partial charge on any atom is 0.0883 e. The highest BCUT2D eigenvalue weighted by Crippen LogP contribution is 2.65. The van der Waals surface area contributed by atoms with Crippen LogP contribution in [0.15, 0.2) is 12.4 Å². The van der Waals surface area contributed by atoms with E-state index in [2.05, 4.69) is 17.2 Å². The van der Waals surface area contributed by atoms with Gasteiger partial charge in [-0.3, -0.25) is 4.68 Å². The molecule has 0 unspecified atom stereocenters. The molecule has 5 nitrogen and oxygen atoms in total. The van der Waals surface area contributed by atoms with Crippen molar-refractivity contribution in [2.24, 2.45) is 40.9 Å². The third kappa shape index (κ3) is 3.64. The molecule has 8 atom stereocenters. The molecular formula is C25H41N3O2. The maximum absolute atomic E-state index is 11.1. The van der Waals surface area contributed by atoms with Crippen LogP contribution >= 0.6 is 0 Å². The molecule has 4 saturated carbocycles. The zero-order valence-electron chi connectivity index (χ0n) is 19.0. The minimum Gasteiger partial charge on any atom is -0.387 e. The number of fused-ring (bicyclic) bond motifs is 5. The van der Waals surface area contributed by atoms with Crippen LogP contribution in [0.5, 0.6) is 0 Å². The summed E-state index contributed by atoms with van der Waals surface area (Å²) in [6.07, 6.45) is 16.6. The second kappa shape index (κ2) is 8.20. The fourth-order valence-electron chi connectivity index (χ4n) is 8.61. The van der Waals surface area contributed by atoms with Gasteiger partial charge in [-0.15, -0.1) is 5.10 Å². The van der Waals surface area contributed by atoms with Crippen LogP contribution in [0.1, 0.15) is 78.1 Å². The van der Waals surface area contributed by atoms with Gasteiger partial charge < -0.3 is 9.84 Å². The molecule has 0 bridgehead atoms. The number of aliphatic hydroxyl groups is 1. The molecular weight excluding hydrogens is 374 g/mol. The summed E-state index contributed by atoms with van der Waals surface area (Å²) >= 11 is 0. The lowest BCUT2D eigenvalue weighted by atomic mass is 9.49. The molecule has 1 heterocycles. The lowest BCUT2D eigenvalue weighted by molar-refractivity contribution is -0.128. The second-order valence-corrected chi connectivity index (χ2v) is 11.3. The summed E-state index contributed by atoms with van der Waals surface area (Å²) < 4.78 is 7.65. The third-order valence-electron chi connectivity index (χ3n) is 10.1. The SMILES string of the molecule is CCOC[C@@]1(O)CC[C@H]2[C@H](CC[C@@H]3[C@@H]2CC[C@]2(C)[C@@H](CCn4ccnn4)CC[C@@H]32)C1. The summed E-state index contributed by atoms with van der Waals surface area (Å²) in [7, 11) is 0. The first-order valence-electron chi connectivity index (χ1n) is 12.7. The van der Waals surface area contributed by atoms with Gasteiger partial charge in [-0.25, -0.2) is 0 Å². The molecule has 0 amide bonds. The summed E-state index contributed by atoms with van der Waals surface area (Å²) in [5.41, 5.74) is -0.0358. The van der Waals surface area contributed by atoms with E-state index in [-0.39, 0.29) is 0 Å². The first-order valence-corrected chi connectivity index (χ1v) is 12.7. The second-order valence-electron chi connectivity index (χ2n) is 11.3. The Kier molecular flexibility index (Phi) is 5.72. The molecule has 0 radical (unpaired) electrons. The summed E-state index contributed by atoms with van der Waals surface area (Å²) in [5.74, 6) is 5.17. The fourth-order valence-corrected chi connectivity index (χ4v) is 8.61. The van der Waals surface area contributed by atoms with Gasteiger partial charge in [0.15, 0.2) is 0 Å². The number of ether oxygens (including phenoxy) is 1. The molecule has 0 aromatic carbocycles. The van der Waals surface area contributed by atoms with Crippen LogP contribution in [0.2, 0.25) is 0 Å². The van der Waals surface area contributed by atoms with Gasteiger partial charge in [-0.2, -0.15) is 0 Å². The van der Waals surface area contributed by atoms with Crippen molar-refractivity contribution in [1.29, 1.82) is 0 Å². The van der Waals surface area contributed by atoms with Crippen LogP contribution in [0, 0.1) is 40.9 Å². The van der Waals surface area contributed by atoms with Gasteiger partial charge in [0, 0.05) is 19.3 Å². The summed E-state index contributed by atoms with van der Waals surface area (Å²) in [5, 5.41) is 19.2. The number of aromatic nitrogens is 3. The minimum absolute atomic E-state index is 0.527. The highest BCUT2D eigenvalue weighted by Gasteiger charge is 2.57. The average molecular weight is 416 g/mol. The van der Waals surface area contributed by atoms with Gasteiger partial charge in [0.1, 0.15) is 0 Å². The van der Waals surface area contributed by atoms with E-state index >= 15 is 0 Å². The van der Waals surface area contributed by atoms with Gasteiger partial charge in [0.25, 0.3) is 0 Å². The molecule has 5 heteroatoms. The summed E-state index contributed by atoms with van der Waals surface area (Å²) in [6.45, 7) is 6.92. The lowest BCUT2D eigenvalue weighted by Crippen LogP contribution is -2.52. The molecule has 168 valence electrons. The molecule has 5 rings (SSSR count). The van der Waals surface area contributed by atoms with E-state index in [1.165, 1.54) is 51.4 Å². The monoisotopic (exact) mass is 415 g/mol. The highest BCUT2D eigenvalue weighted by molar-refractivity contribution is 5.07. The molecule has 0 aliphatic heterocycles. The maximum atomic E-state index is 11.1. The molecule has 0 spiro atoms. The van der Waals surface area contributed by atoms with Crippen molar-refractivity contribution in [1.82, 2.24) is 15.0 Å². The summed E-state index contributed by atoms with van der Waals surface area (Å²) in [4.78, 5) is 0. The Balaban J connectivity index is 1.24. The summed E-state index contributed by atoms with van der Waals surface area (Å²) in [6, 6.07) is 0. The minimum atomic E-state index is -0.562. The van der Waals surface area contributed by atoms with Crippen LogP contribution in [-0.2, 0) is 11.3 Å². The van der Waals surface area contributed by atoms with Gasteiger partial charge in [0.05, 0.1) is 18.4 Å². The highest BCUT2D eigenvalue weighted by atomic mass is 16.5. The Bertz CT molecular complexity index is 709. The van der Waals surface area contributed by atoms with Crippen LogP contribution < -0.4 is 0 Å². The molecule has 30 heavy (non-hydrogen) atoms. The number of hydrogen-bond acceptors (Lipinski definition) is 4. The van der Waals surface area contributed by atoms with Gasteiger partial charge in [-0.05, 0) is 112 Å². The van der Waals surface area contributed by atoms with E-state index in [1.807, 2.05) is 17.8 Å². The molecule has 1 aromatic heterocycles. The van der Waals surface area contributed by atoms with Crippen LogP contribution in [-0.4, -0.2) is 38.9 Å². The van der Waals surface area contributed by atoms with E-state index < -0.39 is 5.60 Å². The van der Waals surface area contributed by atoms with E-state index in [0.29, 0.717) is 18.6 Å². The van der Waals surface area contributed by atoms with E-state index in [1.54, 1.807) is 6.20 Å². The Morgan fingerprint density at radius 3 is 2.73 bits per heavy atom. The lowest BCUT2D eigenvalue weighted by Gasteiger charge is -2.57. The normalized spacial score (nSPS) is 45.6. The smallest absolute Gasteiger partial charge is 0.0883 e. The molecule has 4 aliphatic rings. The van der Waals surface area contributed by atoms with Crippen LogP contribution in [0.4, 0.5) is 0 Å². The number of nitrogens with zero attached hydrogens (tertiary/aromatic N) is 3. The Labute approximate surface area is 182 Å². The number of hydrogen-bond donors (Lipinski definition) is 1. The predicted octanol–water partition coefficient (Wildman–Crippen LogP) is 4.70. The first kappa shape index (κ1) is 20.9. The van der Waals surface area contributed by atoms with Gasteiger partial charge in [0.2, 0.25) is 0 Å².